The molecule has 0 aliphatic carbocycles. The minimum atomic E-state index is 0.399. The van der Waals surface area contributed by atoms with Crippen LogP contribution in [0.15, 0.2) is 28.7 Å². The highest BCUT2D eigenvalue weighted by molar-refractivity contribution is 5.80. The van der Waals surface area contributed by atoms with Gasteiger partial charge < -0.3 is 9.15 Å². The molecule has 1 saturated heterocycles. The maximum absolute atomic E-state index is 5.77. The Kier molecular flexibility index (Phi) is 1.64. The van der Waals surface area contributed by atoms with Crippen molar-refractivity contribution in [3.8, 4) is 0 Å². The molecule has 1 aliphatic rings. The van der Waals surface area contributed by atoms with E-state index in [4.69, 9.17) is 9.15 Å². The van der Waals surface area contributed by atoms with E-state index in [1.165, 1.54) is 10.9 Å². The van der Waals surface area contributed by atoms with Crippen LogP contribution >= 0.6 is 0 Å². The van der Waals surface area contributed by atoms with Gasteiger partial charge in [-0.3, -0.25) is 0 Å². The largest absolute Gasteiger partial charge is 0.461 e. The van der Waals surface area contributed by atoms with Gasteiger partial charge in [0, 0.05) is 11.8 Å². The van der Waals surface area contributed by atoms with Crippen molar-refractivity contribution in [1.29, 1.82) is 0 Å². The number of hydrogen-bond acceptors (Lipinski definition) is 2. The van der Waals surface area contributed by atoms with Gasteiger partial charge in [-0.2, -0.15) is 0 Å². The Morgan fingerprint density at radius 3 is 3.00 bits per heavy atom. The van der Waals surface area contributed by atoms with Crippen LogP contribution < -0.4 is 0 Å². The Bertz CT molecular complexity index is 466. The van der Waals surface area contributed by atoms with Crippen LogP contribution in [0.1, 0.15) is 11.3 Å². The molecule has 2 aromatic rings. The predicted octanol–water partition coefficient (Wildman–Crippen LogP) is 2.68. The minimum Gasteiger partial charge on any atom is -0.461 e. The zero-order chi connectivity index (χ0) is 9.54. The highest BCUT2D eigenvalue weighted by atomic mass is 16.6. The summed E-state index contributed by atoms with van der Waals surface area (Å²) < 4.78 is 10.9. The molecule has 1 aromatic carbocycles. The highest BCUT2D eigenvalue weighted by Crippen LogP contribution is 2.25. The van der Waals surface area contributed by atoms with E-state index in [0.29, 0.717) is 6.10 Å². The van der Waals surface area contributed by atoms with Crippen molar-refractivity contribution in [2.75, 3.05) is 6.61 Å². The quantitative estimate of drug-likeness (QED) is 0.677. The Balaban J connectivity index is 2.05. The third-order valence-corrected chi connectivity index (χ3v) is 2.62. The van der Waals surface area contributed by atoms with E-state index in [1.54, 1.807) is 0 Å². The third kappa shape index (κ3) is 1.32. The summed E-state index contributed by atoms with van der Waals surface area (Å²) in [5.74, 6) is 1.04. The van der Waals surface area contributed by atoms with E-state index in [1.807, 2.05) is 0 Å². The van der Waals surface area contributed by atoms with Gasteiger partial charge in [0.1, 0.15) is 11.3 Å². The molecule has 2 heterocycles. The van der Waals surface area contributed by atoms with Crippen molar-refractivity contribution in [1.82, 2.24) is 0 Å². The molecule has 72 valence electrons. The van der Waals surface area contributed by atoms with E-state index in [9.17, 15) is 0 Å². The topological polar surface area (TPSA) is 25.7 Å². The Morgan fingerprint density at radius 1 is 1.43 bits per heavy atom. The SMILES string of the molecule is Cc1cccc2cc(CC3CO3)oc12. The average Bonchev–Trinajstić information content (AvgIpc) is 2.84. The second kappa shape index (κ2) is 2.85. The first kappa shape index (κ1) is 8.06. The average molecular weight is 188 g/mol. The van der Waals surface area contributed by atoms with Crippen LogP contribution in [0.3, 0.4) is 0 Å². The van der Waals surface area contributed by atoms with Crippen LogP contribution in [-0.4, -0.2) is 12.7 Å². The fraction of sp³-hybridized carbons (Fsp3) is 0.333. The molecule has 14 heavy (non-hydrogen) atoms. The lowest BCUT2D eigenvalue weighted by atomic mass is 10.2. The smallest absolute Gasteiger partial charge is 0.137 e. The number of hydrogen-bond donors (Lipinski definition) is 0. The van der Waals surface area contributed by atoms with Crippen LogP contribution in [0.5, 0.6) is 0 Å². The van der Waals surface area contributed by atoms with Gasteiger partial charge >= 0.3 is 0 Å². The number of fused-ring (bicyclic) bond motifs is 1. The molecule has 1 aromatic heterocycles. The summed E-state index contributed by atoms with van der Waals surface area (Å²) in [5, 5.41) is 1.20. The molecule has 2 nitrogen and oxygen atoms in total. The molecule has 2 heteroatoms. The van der Waals surface area contributed by atoms with Crippen molar-refractivity contribution in [2.24, 2.45) is 0 Å². The number of rotatable bonds is 2. The monoisotopic (exact) mass is 188 g/mol. The first-order valence-corrected chi connectivity index (χ1v) is 4.92. The highest BCUT2D eigenvalue weighted by Gasteiger charge is 2.24. The van der Waals surface area contributed by atoms with Gasteiger partial charge in [0.2, 0.25) is 0 Å². The van der Waals surface area contributed by atoms with Crippen molar-refractivity contribution >= 4 is 11.0 Å². The van der Waals surface area contributed by atoms with Gasteiger partial charge in [0.25, 0.3) is 0 Å². The number of furan rings is 1. The number of ether oxygens (including phenoxy) is 1. The molecule has 0 saturated carbocycles. The van der Waals surface area contributed by atoms with Crippen LogP contribution in [-0.2, 0) is 11.2 Å². The molecule has 1 unspecified atom stereocenters. The van der Waals surface area contributed by atoms with E-state index in [-0.39, 0.29) is 0 Å². The summed E-state index contributed by atoms with van der Waals surface area (Å²) >= 11 is 0. The minimum absolute atomic E-state index is 0.399. The van der Waals surface area contributed by atoms with Crippen LogP contribution in [0.2, 0.25) is 0 Å². The van der Waals surface area contributed by atoms with Gasteiger partial charge in [-0.05, 0) is 18.6 Å². The van der Waals surface area contributed by atoms with Crippen molar-refractivity contribution < 1.29 is 9.15 Å². The summed E-state index contributed by atoms with van der Waals surface area (Å²) in [6.07, 6.45) is 1.31. The molecule has 0 radical (unpaired) electrons. The van der Waals surface area contributed by atoms with Gasteiger partial charge in [-0.15, -0.1) is 0 Å². The summed E-state index contributed by atoms with van der Waals surface area (Å²) in [5.41, 5.74) is 2.22. The van der Waals surface area contributed by atoms with Gasteiger partial charge in [-0.1, -0.05) is 18.2 Å². The van der Waals surface area contributed by atoms with E-state index >= 15 is 0 Å². The number of epoxide rings is 1. The number of benzene rings is 1. The predicted molar refractivity (Wildman–Crippen MR) is 54.4 cm³/mol. The second-order valence-electron chi connectivity index (χ2n) is 3.87. The van der Waals surface area contributed by atoms with Gasteiger partial charge in [-0.25, -0.2) is 0 Å². The molecule has 0 spiro atoms. The molecule has 0 amide bonds. The first-order chi connectivity index (χ1) is 6.83. The first-order valence-electron chi connectivity index (χ1n) is 4.92. The second-order valence-corrected chi connectivity index (χ2v) is 3.87. The number of aryl methyl sites for hydroxylation is 1. The Labute approximate surface area is 82.5 Å². The Hall–Kier alpha value is -1.28. The molecule has 0 N–H and O–H groups in total. The Morgan fingerprint density at radius 2 is 2.29 bits per heavy atom. The maximum Gasteiger partial charge on any atom is 0.137 e. The third-order valence-electron chi connectivity index (χ3n) is 2.62. The molecule has 0 bridgehead atoms. The number of para-hydroxylation sites is 1. The van der Waals surface area contributed by atoms with Crippen molar-refractivity contribution in [2.45, 2.75) is 19.4 Å². The summed E-state index contributed by atoms with van der Waals surface area (Å²) in [6, 6.07) is 8.33. The van der Waals surface area contributed by atoms with Crippen LogP contribution in [0.4, 0.5) is 0 Å². The standard InChI is InChI=1S/C12H12O2/c1-8-3-2-4-9-5-10(14-12(8)9)6-11-7-13-11/h2-5,11H,6-7H2,1H3. The molecular weight excluding hydrogens is 176 g/mol. The lowest BCUT2D eigenvalue weighted by Crippen LogP contribution is -1.89. The fourth-order valence-electron chi connectivity index (χ4n) is 1.77. The normalized spacial score (nSPS) is 20.2. The van der Waals surface area contributed by atoms with E-state index < -0.39 is 0 Å². The van der Waals surface area contributed by atoms with Crippen molar-refractivity contribution in [3.05, 3.63) is 35.6 Å². The summed E-state index contributed by atoms with van der Waals surface area (Å²) in [4.78, 5) is 0. The van der Waals surface area contributed by atoms with Crippen LogP contribution in [0, 0.1) is 6.92 Å². The maximum atomic E-state index is 5.77. The zero-order valence-electron chi connectivity index (χ0n) is 8.12. The summed E-state index contributed by atoms with van der Waals surface area (Å²) in [6.45, 7) is 2.96. The van der Waals surface area contributed by atoms with Crippen molar-refractivity contribution in [3.63, 3.8) is 0 Å². The lowest BCUT2D eigenvalue weighted by molar-refractivity contribution is 0.392. The molecule has 1 atom stereocenters. The molecular formula is C12H12O2. The van der Waals surface area contributed by atoms with E-state index in [2.05, 4.69) is 31.2 Å². The lowest BCUT2D eigenvalue weighted by Gasteiger charge is -1.92. The van der Waals surface area contributed by atoms with E-state index in [0.717, 1.165) is 24.4 Å². The molecule has 1 aliphatic heterocycles. The molecule has 3 rings (SSSR count). The summed E-state index contributed by atoms with van der Waals surface area (Å²) in [7, 11) is 0. The van der Waals surface area contributed by atoms with Gasteiger partial charge in [0.15, 0.2) is 0 Å². The molecule has 1 fully saturated rings. The van der Waals surface area contributed by atoms with Gasteiger partial charge in [0.05, 0.1) is 12.7 Å². The fourth-order valence-corrected chi connectivity index (χ4v) is 1.77. The zero-order valence-corrected chi connectivity index (χ0v) is 8.12. The van der Waals surface area contributed by atoms with Crippen LogP contribution in [0.25, 0.3) is 11.0 Å².